The molecule has 3 amide bonds. The molecule has 1 unspecified atom stereocenters. The number of carbonyl (C=O) groups is 2. The zero-order chi connectivity index (χ0) is 18.4. The Morgan fingerprint density at radius 1 is 1.23 bits per heavy atom. The summed E-state index contributed by atoms with van der Waals surface area (Å²) in [5, 5.41) is 2.87. The lowest BCUT2D eigenvalue weighted by atomic mass is 10.1. The molecule has 0 aliphatic carbocycles. The van der Waals surface area contributed by atoms with E-state index in [0.29, 0.717) is 38.4 Å². The molecule has 0 bridgehead atoms. The van der Waals surface area contributed by atoms with Crippen LogP contribution in [0.1, 0.15) is 31.1 Å². The van der Waals surface area contributed by atoms with Crippen LogP contribution < -0.4 is 5.32 Å². The summed E-state index contributed by atoms with van der Waals surface area (Å²) in [5.74, 6) is 0.809. The molecule has 3 rings (SSSR count). The fraction of sp³-hybridized carbons (Fsp3) is 0.400. The molecule has 1 atom stereocenters. The van der Waals surface area contributed by atoms with E-state index in [-0.39, 0.29) is 18.0 Å². The predicted octanol–water partition coefficient (Wildman–Crippen LogP) is 3.00. The van der Waals surface area contributed by atoms with Crippen molar-refractivity contribution in [3.05, 3.63) is 60.1 Å². The summed E-state index contributed by atoms with van der Waals surface area (Å²) in [6.45, 7) is 3.96. The van der Waals surface area contributed by atoms with Crippen molar-refractivity contribution in [2.24, 2.45) is 0 Å². The number of amides is 3. The second-order valence-corrected chi connectivity index (χ2v) is 6.50. The van der Waals surface area contributed by atoms with Gasteiger partial charge in [-0.1, -0.05) is 37.3 Å². The molecule has 1 fully saturated rings. The standard InChI is InChI=1S/C20H25N3O3/c1-2-17-15-22(20(25)21-13-18-9-6-12-26-18)11-10-19(24)23(17)14-16-7-4-3-5-8-16/h3-9,12,17H,2,10-11,13-15H2,1H3,(H,21,25). The summed E-state index contributed by atoms with van der Waals surface area (Å²) in [4.78, 5) is 28.8. The predicted molar refractivity (Wildman–Crippen MR) is 98.2 cm³/mol. The van der Waals surface area contributed by atoms with Gasteiger partial charge in [-0.2, -0.15) is 0 Å². The Balaban J connectivity index is 1.64. The molecule has 2 aromatic rings. The second-order valence-electron chi connectivity index (χ2n) is 6.50. The molecule has 138 valence electrons. The third-order valence-corrected chi connectivity index (χ3v) is 4.74. The maximum Gasteiger partial charge on any atom is 0.317 e. The number of nitrogens with zero attached hydrogens (tertiary/aromatic N) is 2. The number of hydrogen-bond acceptors (Lipinski definition) is 3. The summed E-state index contributed by atoms with van der Waals surface area (Å²) in [6, 6.07) is 13.4. The van der Waals surface area contributed by atoms with Gasteiger partial charge in [0.1, 0.15) is 5.76 Å². The highest BCUT2D eigenvalue weighted by molar-refractivity contribution is 5.80. The van der Waals surface area contributed by atoms with Gasteiger partial charge in [-0.3, -0.25) is 4.79 Å². The highest BCUT2D eigenvalue weighted by atomic mass is 16.3. The molecule has 0 saturated carbocycles. The zero-order valence-corrected chi connectivity index (χ0v) is 15.1. The van der Waals surface area contributed by atoms with Crippen LogP contribution in [0.4, 0.5) is 4.79 Å². The van der Waals surface area contributed by atoms with Crippen LogP contribution in [-0.4, -0.2) is 40.9 Å². The summed E-state index contributed by atoms with van der Waals surface area (Å²) in [5.41, 5.74) is 1.11. The first-order valence-electron chi connectivity index (χ1n) is 9.06. The van der Waals surface area contributed by atoms with E-state index in [4.69, 9.17) is 4.42 Å². The van der Waals surface area contributed by atoms with Gasteiger partial charge in [-0.25, -0.2) is 4.79 Å². The highest BCUT2D eigenvalue weighted by Crippen LogP contribution is 2.18. The van der Waals surface area contributed by atoms with Crippen LogP contribution in [0.15, 0.2) is 53.1 Å². The van der Waals surface area contributed by atoms with Crippen molar-refractivity contribution in [3.8, 4) is 0 Å². The van der Waals surface area contributed by atoms with Crippen LogP contribution in [0.3, 0.4) is 0 Å². The molecule has 1 aromatic heterocycles. The molecule has 1 saturated heterocycles. The molecule has 1 aliphatic rings. The lowest BCUT2D eigenvalue weighted by Gasteiger charge is -2.31. The highest BCUT2D eigenvalue weighted by Gasteiger charge is 2.30. The second kappa shape index (κ2) is 8.56. The number of nitrogens with one attached hydrogen (secondary N) is 1. The van der Waals surface area contributed by atoms with Crippen LogP contribution in [0.5, 0.6) is 0 Å². The van der Waals surface area contributed by atoms with Gasteiger partial charge in [0.15, 0.2) is 0 Å². The van der Waals surface area contributed by atoms with E-state index in [2.05, 4.69) is 12.2 Å². The SMILES string of the molecule is CCC1CN(C(=O)NCc2ccco2)CCC(=O)N1Cc1ccccc1. The van der Waals surface area contributed by atoms with Crippen molar-refractivity contribution in [1.29, 1.82) is 0 Å². The Labute approximate surface area is 153 Å². The molecule has 0 radical (unpaired) electrons. The lowest BCUT2D eigenvalue weighted by molar-refractivity contribution is -0.133. The van der Waals surface area contributed by atoms with E-state index in [0.717, 1.165) is 12.0 Å². The summed E-state index contributed by atoms with van der Waals surface area (Å²) >= 11 is 0. The maximum absolute atomic E-state index is 12.7. The zero-order valence-electron chi connectivity index (χ0n) is 15.1. The molecular formula is C20H25N3O3. The van der Waals surface area contributed by atoms with Crippen molar-refractivity contribution in [1.82, 2.24) is 15.1 Å². The minimum Gasteiger partial charge on any atom is -0.467 e. The number of benzene rings is 1. The van der Waals surface area contributed by atoms with Crippen molar-refractivity contribution >= 4 is 11.9 Å². The fourth-order valence-corrected chi connectivity index (χ4v) is 3.24. The van der Waals surface area contributed by atoms with E-state index in [1.54, 1.807) is 17.2 Å². The molecule has 0 spiro atoms. The third kappa shape index (κ3) is 4.45. The molecule has 1 aromatic carbocycles. The van der Waals surface area contributed by atoms with Gasteiger partial charge in [0.25, 0.3) is 0 Å². The van der Waals surface area contributed by atoms with Crippen LogP contribution in [0.25, 0.3) is 0 Å². The first-order valence-corrected chi connectivity index (χ1v) is 9.06. The van der Waals surface area contributed by atoms with Crippen LogP contribution in [0.2, 0.25) is 0 Å². The average molecular weight is 355 g/mol. The molecule has 6 heteroatoms. The van der Waals surface area contributed by atoms with Gasteiger partial charge < -0.3 is 19.5 Å². The Morgan fingerprint density at radius 3 is 2.73 bits per heavy atom. The quantitative estimate of drug-likeness (QED) is 0.897. The Morgan fingerprint density at radius 2 is 2.04 bits per heavy atom. The minimum absolute atomic E-state index is 0.0135. The molecule has 1 N–H and O–H groups in total. The van der Waals surface area contributed by atoms with Crippen LogP contribution >= 0.6 is 0 Å². The number of urea groups is 1. The van der Waals surface area contributed by atoms with Gasteiger partial charge in [0, 0.05) is 32.1 Å². The van der Waals surface area contributed by atoms with Gasteiger partial charge >= 0.3 is 6.03 Å². The molecular weight excluding hydrogens is 330 g/mol. The van der Waals surface area contributed by atoms with Crippen molar-refractivity contribution in [2.45, 2.75) is 38.9 Å². The Bertz CT molecular complexity index is 715. The van der Waals surface area contributed by atoms with Crippen LogP contribution in [0, 0.1) is 0 Å². The van der Waals surface area contributed by atoms with E-state index < -0.39 is 0 Å². The van der Waals surface area contributed by atoms with Gasteiger partial charge in [0.05, 0.1) is 12.8 Å². The van der Waals surface area contributed by atoms with Crippen molar-refractivity contribution in [2.75, 3.05) is 13.1 Å². The van der Waals surface area contributed by atoms with Gasteiger partial charge in [-0.05, 0) is 24.1 Å². The minimum atomic E-state index is -0.158. The monoisotopic (exact) mass is 355 g/mol. The van der Waals surface area contributed by atoms with Gasteiger partial charge in [0.2, 0.25) is 5.91 Å². The van der Waals surface area contributed by atoms with Crippen molar-refractivity contribution < 1.29 is 14.0 Å². The Kier molecular flexibility index (Phi) is 5.94. The number of furan rings is 1. The van der Waals surface area contributed by atoms with E-state index >= 15 is 0 Å². The summed E-state index contributed by atoms with van der Waals surface area (Å²) in [6.07, 6.45) is 2.73. The van der Waals surface area contributed by atoms with Crippen molar-refractivity contribution in [3.63, 3.8) is 0 Å². The number of carbonyl (C=O) groups excluding carboxylic acids is 2. The van der Waals surface area contributed by atoms with E-state index in [1.807, 2.05) is 41.3 Å². The van der Waals surface area contributed by atoms with E-state index in [9.17, 15) is 9.59 Å². The molecule has 26 heavy (non-hydrogen) atoms. The normalized spacial score (nSPS) is 17.9. The largest absolute Gasteiger partial charge is 0.467 e. The van der Waals surface area contributed by atoms with E-state index in [1.165, 1.54) is 0 Å². The molecule has 6 nitrogen and oxygen atoms in total. The smallest absolute Gasteiger partial charge is 0.317 e. The topological polar surface area (TPSA) is 65.8 Å². The number of hydrogen-bond donors (Lipinski definition) is 1. The Hall–Kier alpha value is -2.76. The average Bonchev–Trinajstić information content (AvgIpc) is 3.13. The molecule has 1 aliphatic heterocycles. The first kappa shape index (κ1) is 18.0. The van der Waals surface area contributed by atoms with Crippen LogP contribution in [-0.2, 0) is 17.9 Å². The maximum atomic E-state index is 12.7. The first-order chi connectivity index (χ1) is 12.7. The molecule has 2 heterocycles. The summed E-state index contributed by atoms with van der Waals surface area (Å²) < 4.78 is 5.24. The fourth-order valence-electron chi connectivity index (χ4n) is 3.24. The summed E-state index contributed by atoms with van der Waals surface area (Å²) in [7, 11) is 0. The lowest BCUT2D eigenvalue weighted by Crippen LogP contribution is -2.46. The van der Waals surface area contributed by atoms with Gasteiger partial charge in [-0.15, -0.1) is 0 Å². The third-order valence-electron chi connectivity index (χ3n) is 4.74. The number of rotatable bonds is 5.